The molecule has 4 nitrogen and oxygen atoms in total. The number of benzene rings is 2. The van der Waals surface area contributed by atoms with E-state index in [1.165, 1.54) is 5.56 Å². The van der Waals surface area contributed by atoms with Gasteiger partial charge in [0.1, 0.15) is 5.75 Å². The van der Waals surface area contributed by atoms with Gasteiger partial charge in [0, 0.05) is 17.5 Å². The number of morpholine rings is 1. The monoisotopic (exact) mass is 359 g/mol. The normalized spacial score (nSPS) is 20.8. The standard InChI is InChI=1S/C20H25NO3S/c1-23-19-10-12-20(13-11-19)25(2,22)21-14-15-24-16-18(21)9-8-17-6-4-3-5-7-17/h3-7,10-13,18H,2,8-9,14-16H2,1H3. The van der Waals surface area contributed by atoms with Gasteiger partial charge in [0.15, 0.2) is 0 Å². The zero-order valence-corrected chi connectivity index (χ0v) is 15.4. The summed E-state index contributed by atoms with van der Waals surface area (Å²) in [5, 5.41) is 0. The molecule has 1 heterocycles. The van der Waals surface area contributed by atoms with Crippen LogP contribution in [0.1, 0.15) is 12.0 Å². The van der Waals surface area contributed by atoms with Crippen molar-refractivity contribution < 1.29 is 13.7 Å². The summed E-state index contributed by atoms with van der Waals surface area (Å²) in [4.78, 5) is 0.736. The van der Waals surface area contributed by atoms with Crippen molar-refractivity contribution in [2.24, 2.45) is 0 Å². The van der Waals surface area contributed by atoms with E-state index in [1.54, 1.807) is 7.11 Å². The summed E-state index contributed by atoms with van der Waals surface area (Å²) >= 11 is 0. The van der Waals surface area contributed by atoms with Crippen molar-refractivity contribution in [2.75, 3.05) is 26.9 Å². The van der Waals surface area contributed by atoms with Crippen molar-refractivity contribution in [3.8, 4) is 5.75 Å². The van der Waals surface area contributed by atoms with E-state index >= 15 is 0 Å². The van der Waals surface area contributed by atoms with Crippen LogP contribution < -0.4 is 4.74 Å². The molecule has 1 saturated heterocycles. The van der Waals surface area contributed by atoms with Crippen LogP contribution in [0.5, 0.6) is 5.75 Å². The Morgan fingerprint density at radius 3 is 2.60 bits per heavy atom. The van der Waals surface area contributed by atoms with Crippen molar-refractivity contribution in [3.63, 3.8) is 0 Å². The van der Waals surface area contributed by atoms with Gasteiger partial charge in [-0.15, -0.1) is 0 Å². The van der Waals surface area contributed by atoms with Gasteiger partial charge in [0.25, 0.3) is 0 Å². The molecule has 0 saturated carbocycles. The topological polar surface area (TPSA) is 38.8 Å². The Morgan fingerprint density at radius 1 is 1.20 bits per heavy atom. The molecule has 2 unspecified atom stereocenters. The fourth-order valence-electron chi connectivity index (χ4n) is 3.16. The molecule has 0 aromatic heterocycles. The third-order valence-corrected chi connectivity index (χ3v) is 6.84. The Morgan fingerprint density at radius 2 is 1.92 bits per heavy atom. The first kappa shape index (κ1) is 18.0. The van der Waals surface area contributed by atoms with E-state index in [9.17, 15) is 4.21 Å². The Kier molecular flexibility index (Phi) is 5.78. The maximum absolute atomic E-state index is 13.5. The molecule has 2 atom stereocenters. The maximum atomic E-state index is 13.5. The molecule has 1 fully saturated rings. The van der Waals surface area contributed by atoms with Crippen LogP contribution in [0.4, 0.5) is 0 Å². The number of methoxy groups -OCH3 is 1. The molecular weight excluding hydrogens is 334 g/mol. The van der Waals surface area contributed by atoms with E-state index < -0.39 is 9.71 Å². The summed E-state index contributed by atoms with van der Waals surface area (Å²) in [6, 6.07) is 17.8. The summed E-state index contributed by atoms with van der Waals surface area (Å²) in [6.45, 7) is 1.81. The zero-order valence-electron chi connectivity index (χ0n) is 14.6. The largest absolute Gasteiger partial charge is 0.497 e. The Bertz CT molecular complexity index is 772. The molecule has 2 aromatic rings. The Balaban J connectivity index is 1.76. The van der Waals surface area contributed by atoms with Crippen molar-refractivity contribution in [2.45, 2.75) is 23.8 Å². The molecule has 0 radical (unpaired) electrons. The van der Waals surface area contributed by atoms with Crippen molar-refractivity contribution in [1.82, 2.24) is 4.31 Å². The average molecular weight is 359 g/mol. The van der Waals surface area contributed by atoms with Gasteiger partial charge in [0.05, 0.1) is 30.0 Å². The van der Waals surface area contributed by atoms with E-state index in [0.29, 0.717) is 19.8 Å². The van der Waals surface area contributed by atoms with Gasteiger partial charge in [-0.2, -0.15) is 0 Å². The van der Waals surface area contributed by atoms with E-state index in [-0.39, 0.29) is 6.04 Å². The highest BCUT2D eigenvalue weighted by Gasteiger charge is 2.29. The third-order valence-electron chi connectivity index (χ3n) is 4.59. The molecule has 3 rings (SSSR count). The molecule has 0 bridgehead atoms. The smallest absolute Gasteiger partial charge is 0.118 e. The van der Waals surface area contributed by atoms with Gasteiger partial charge in [-0.25, -0.2) is 8.51 Å². The summed E-state index contributed by atoms with van der Waals surface area (Å²) < 4.78 is 26.4. The van der Waals surface area contributed by atoms with Crippen LogP contribution in [-0.4, -0.2) is 47.3 Å². The first-order valence-electron chi connectivity index (χ1n) is 8.51. The van der Waals surface area contributed by atoms with E-state index in [4.69, 9.17) is 9.47 Å². The van der Waals surface area contributed by atoms with E-state index in [1.807, 2.05) is 46.8 Å². The molecule has 0 aliphatic carbocycles. The number of nitrogens with zero attached hydrogens (tertiary/aromatic N) is 1. The zero-order chi connectivity index (χ0) is 17.7. The lowest BCUT2D eigenvalue weighted by atomic mass is 10.1. The van der Waals surface area contributed by atoms with E-state index in [2.05, 4.69) is 18.0 Å². The summed E-state index contributed by atoms with van der Waals surface area (Å²) in [7, 11) is -0.920. The number of rotatable bonds is 6. The molecule has 0 N–H and O–H groups in total. The fourth-order valence-corrected chi connectivity index (χ4v) is 5.01. The lowest BCUT2D eigenvalue weighted by Crippen LogP contribution is -2.48. The predicted octanol–water partition coefficient (Wildman–Crippen LogP) is 3.02. The second-order valence-corrected chi connectivity index (χ2v) is 8.43. The van der Waals surface area contributed by atoms with Crippen LogP contribution in [0.2, 0.25) is 0 Å². The van der Waals surface area contributed by atoms with Crippen LogP contribution in [0.15, 0.2) is 59.5 Å². The van der Waals surface area contributed by atoms with Crippen LogP contribution in [0.3, 0.4) is 0 Å². The van der Waals surface area contributed by atoms with Crippen LogP contribution in [0, 0.1) is 0 Å². The quantitative estimate of drug-likeness (QED) is 0.744. The lowest BCUT2D eigenvalue weighted by molar-refractivity contribution is 0.0318. The van der Waals surface area contributed by atoms with Crippen LogP contribution in [0.25, 0.3) is 0 Å². The van der Waals surface area contributed by atoms with Gasteiger partial charge < -0.3 is 9.47 Å². The van der Waals surface area contributed by atoms with Gasteiger partial charge in [-0.1, -0.05) is 30.3 Å². The molecule has 1 aliphatic heterocycles. The fraction of sp³-hybridized carbons (Fsp3) is 0.350. The van der Waals surface area contributed by atoms with Crippen LogP contribution >= 0.6 is 0 Å². The first-order valence-corrected chi connectivity index (χ1v) is 10.2. The molecule has 25 heavy (non-hydrogen) atoms. The summed E-state index contributed by atoms with van der Waals surface area (Å²) in [6.07, 6.45) is 1.83. The SMILES string of the molecule is C=S(=O)(c1ccc(OC)cc1)N1CCOCC1CCc1ccccc1. The molecule has 0 amide bonds. The minimum atomic E-state index is -2.54. The number of hydrogen-bond donors (Lipinski definition) is 0. The van der Waals surface area contributed by atoms with Gasteiger partial charge in [0.2, 0.25) is 0 Å². The Labute approximate surface area is 150 Å². The second-order valence-electron chi connectivity index (χ2n) is 6.21. The minimum Gasteiger partial charge on any atom is -0.497 e. The highest BCUT2D eigenvalue weighted by atomic mass is 32.2. The second kappa shape index (κ2) is 8.04. The molecular formula is C20H25NO3S. The van der Waals surface area contributed by atoms with Crippen molar-refractivity contribution in [1.29, 1.82) is 0 Å². The highest BCUT2D eigenvalue weighted by Crippen LogP contribution is 2.25. The number of ether oxygens (including phenoxy) is 2. The third kappa shape index (κ3) is 4.24. The van der Waals surface area contributed by atoms with E-state index in [0.717, 1.165) is 23.5 Å². The maximum Gasteiger partial charge on any atom is 0.118 e. The number of hydrogen-bond acceptors (Lipinski definition) is 3. The minimum absolute atomic E-state index is 0.0982. The first-order chi connectivity index (χ1) is 12.1. The molecule has 2 aromatic carbocycles. The van der Waals surface area contributed by atoms with Crippen molar-refractivity contribution in [3.05, 3.63) is 60.2 Å². The van der Waals surface area contributed by atoms with Gasteiger partial charge >= 0.3 is 0 Å². The lowest BCUT2D eigenvalue weighted by Gasteiger charge is -2.37. The van der Waals surface area contributed by atoms with Gasteiger partial charge in [-0.05, 0) is 48.5 Å². The summed E-state index contributed by atoms with van der Waals surface area (Å²) in [5.74, 6) is 4.83. The summed E-state index contributed by atoms with van der Waals surface area (Å²) in [5.41, 5.74) is 1.29. The van der Waals surface area contributed by atoms with Crippen molar-refractivity contribution >= 4 is 15.6 Å². The molecule has 5 heteroatoms. The predicted molar refractivity (Wildman–Crippen MR) is 103 cm³/mol. The van der Waals surface area contributed by atoms with Crippen LogP contribution in [-0.2, 0) is 20.9 Å². The number of aryl methyl sites for hydroxylation is 1. The molecule has 1 aliphatic rings. The van der Waals surface area contributed by atoms with Gasteiger partial charge in [-0.3, -0.25) is 0 Å². The Hall–Kier alpha value is -1.82. The molecule has 134 valence electrons. The average Bonchev–Trinajstić information content (AvgIpc) is 2.67. The highest BCUT2D eigenvalue weighted by molar-refractivity contribution is 7.98. The molecule has 0 spiro atoms.